The molecule has 0 saturated carbocycles. The molecule has 8 N–H and O–H groups in total. The van der Waals surface area contributed by atoms with Crippen molar-refractivity contribution in [3.05, 3.63) is 24.3 Å². The van der Waals surface area contributed by atoms with E-state index in [1.807, 2.05) is 0 Å². The minimum atomic E-state index is -4.63. The average molecular weight is 402 g/mol. The van der Waals surface area contributed by atoms with Gasteiger partial charge in [-0.05, 0) is 17.5 Å². The van der Waals surface area contributed by atoms with Gasteiger partial charge < -0.3 is 21.2 Å². The Bertz CT molecular complexity index is 852. The number of hydrogen-bond acceptors (Lipinski definition) is 6. The minimum Gasteiger partial charge on any atom is -0.507 e. The molecule has 0 heterocycles. The van der Waals surface area contributed by atoms with Gasteiger partial charge >= 0.3 is 59.1 Å². The summed E-state index contributed by atoms with van der Waals surface area (Å²) in [6, 6.07) is 3.09. The molecule has 14 heteroatoms. The number of hydrogen-bond donors (Lipinski definition) is 4. The van der Waals surface area contributed by atoms with Crippen LogP contribution >= 0.6 is 0 Å². The van der Waals surface area contributed by atoms with E-state index in [0.29, 0.717) is 12.1 Å². The number of benzene rings is 2. The molecule has 124 valence electrons. The summed E-state index contributed by atoms with van der Waals surface area (Å²) < 4.78 is 61.8. The molecule has 2 rings (SSSR count). The molecule has 0 aliphatic carbocycles. The number of fused-ring (bicyclic) bond motifs is 1. The second-order valence-electron chi connectivity index (χ2n) is 3.93. The summed E-state index contributed by atoms with van der Waals surface area (Å²) in [5.41, 5.74) is 0. The van der Waals surface area contributed by atoms with E-state index in [9.17, 15) is 27.0 Å². The van der Waals surface area contributed by atoms with Gasteiger partial charge in [-0.3, -0.25) is 9.11 Å². The summed E-state index contributed by atoms with van der Waals surface area (Å²) in [6.07, 6.45) is 0. The number of phenols is 2. The molecule has 0 atom stereocenters. The normalized spacial score (nSPS) is 10.6. The van der Waals surface area contributed by atoms with Gasteiger partial charge in [0.25, 0.3) is 20.2 Å². The zero-order valence-corrected chi connectivity index (χ0v) is 18.2. The molecule has 2 aromatic carbocycles. The Morgan fingerprint density at radius 2 is 0.958 bits per heavy atom. The van der Waals surface area contributed by atoms with Crippen molar-refractivity contribution < 1.29 is 106 Å². The molecule has 0 fully saturated rings. The molecule has 0 aliphatic rings. The fourth-order valence-corrected chi connectivity index (χ4v) is 2.79. The van der Waals surface area contributed by atoms with Gasteiger partial charge in [-0.2, -0.15) is 16.8 Å². The van der Waals surface area contributed by atoms with Gasteiger partial charge in [-0.1, -0.05) is 0 Å². The predicted octanol–water partition coefficient (Wildman–Crippen LogP) is -6.90. The van der Waals surface area contributed by atoms with Crippen LogP contribution in [0, 0.1) is 0 Å². The molecule has 24 heavy (non-hydrogen) atoms. The van der Waals surface area contributed by atoms with Gasteiger partial charge in [0, 0.05) is 12.1 Å². The molecule has 2 aromatic rings. The van der Waals surface area contributed by atoms with Crippen molar-refractivity contribution in [2.75, 3.05) is 0 Å². The van der Waals surface area contributed by atoms with E-state index in [-0.39, 0.29) is 80.8 Å². The Kier molecular flexibility index (Phi) is 11.6. The van der Waals surface area contributed by atoms with Crippen LogP contribution in [0.3, 0.4) is 0 Å². The van der Waals surface area contributed by atoms with Crippen LogP contribution < -0.4 is 59.1 Å². The van der Waals surface area contributed by atoms with E-state index in [1.165, 1.54) is 0 Å². The molecule has 0 amide bonds. The van der Waals surface area contributed by atoms with Crippen molar-refractivity contribution in [2.45, 2.75) is 9.79 Å². The molecule has 0 radical (unpaired) electrons. The van der Waals surface area contributed by atoms with Crippen LogP contribution in [0.15, 0.2) is 34.1 Å². The number of rotatable bonds is 2. The zero-order valence-electron chi connectivity index (χ0n) is 12.5. The molecule has 0 bridgehead atoms. The standard InChI is InChI=1S/C10H8O8S2.2Na.2H2O/c11-8-3-6(19(13,14)15)1-5-2-7(20(16,17)18)4-9(12)10(5)8;;;;/h1-4,11-12H,(H,13,14,15)(H,16,17,18);;;2*1H2/q;2*+1;;. The van der Waals surface area contributed by atoms with Crippen molar-refractivity contribution in [1.82, 2.24) is 0 Å². The predicted molar refractivity (Wildman–Crippen MR) is 74.1 cm³/mol. The first-order valence-electron chi connectivity index (χ1n) is 4.95. The van der Waals surface area contributed by atoms with Crippen LogP contribution in [-0.4, -0.2) is 47.1 Å². The van der Waals surface area contributed by atoms with Crippen molar-refractivity contribution >= 4 is 31.0 Å². The Labute approximate surface area is 181 Å². The van der Waals surface area contributed by atoms with E-state index in [1.54, 1.807) is 0 Å². The number of aromatic hydroxyl groups is 2. The first-order chi connectivity index (χ1) is 9.00. The number of phenolic OH excluding ortho intramolecular Hbond substituents is 2. The Balaban J connectivity index is -0.00000110. The van der Waals surface area contributed by atoms with Gasteiger partial charge in [0.15, 0.2) is 0 Å². The molecular weight excluding hydrogens is 390 g/mol. The van der Waals surface area contributed by atoms with Crippen LogP contribution in [0.25, 0.3) is 10.8 Å². The van der Waals surface area contributed by atoms with Gasteiger partial charge in [0.1, 0.15) is 11.5 Å². The molecule has 0 spiro atoms. The van der Waals surface area contributed by atoms with Crippen molar-refractivity contribution in [2.24, 2.45) is 0 Å². The van der Waals surface area contributed by atoms with Crippen LogP contribution in [0.1, 0.15) is 0 Å². The van der Waals surface area contributed by atoms with E-state index in [0.717, 1.165) is 12.1 Å². The molecule has 0 aromatic heterocycles. The first kappa shape index (κ1) is 28.8. The second kappa shape index (κ2) is 9.66. The van der Waals surface area contributed by atoms with Gasteiger partial charge in [0.2, 0.25) is 0 Å². The average Bonchev–Trinajstić information content (AvgIpc) is 2.25. The Morgan fingerprint density at radius 1 is 0.667 bits per heavy atom. The summed E-state index contributed by atoms with van der Waals surface area (Å²) in [7, 11) is -9.26. The van der Waals surface area contributed by atoms with Crippen molar-refractivity contribution in [1.29, 1.82) is 0 Å². The van der Waals surface area contributed by atoms with Crippen LogP contribution in [0.2, 0.25) is 0 Å². The SMILES string of the molecule is O.O.O=S(=O)(O)c1cc(O)c2c(O)cc(S(=O)(=O)O)cc2c1.[Na+].[Na+]. The monoisotopic (exact) mass is 402 g/mol. The molecular formula is C10H12Na2O10S2+2. The van der Waals surface area contributed by atoms with E-state index in [2.05, 4.69) is 0 Å². The quantitative estimate of drug-likeness (QED) is 0.279. The maximum Gasteiger partial charge on any atom is 1.00 e. The van der Waals surface area contributed by atoms with E-state index < -0.39 is 41.5 Å². The molecule has 0 aliphatic heterocycles. The largest absolute Gasteiger partial charge is 1.00 e. The van der Waals surface area contributed by atoms with Crippen LogP contribution in [0.4, 0.5) is 0 Å². The van der Waals surface area contributed by atoms with Gasteiger partial charge in [0.05, 0.1) is 15.2 Å². The fraction of sp³-hybridized carbons (Fsp3) is 0. The third-order valence-corrected chi connectivity index (χ3v) is 4.21. The molecule has 0 unspecified atom stereocenters. The van der Waals surface area contributed by atoms with Crippen LogP contribution in [-0.2, 0) is 20.2 Å². The third kappa shape index (κ3) is 6.09. The fourth-order valence-electron chi connectivity index (χ4n) is 1.71. The summed E-state index contributed by atoms with van der Waals surface area (Å²) in [5, 5.41) is 18.9. The van der Waals surface area contributed by atoms with Gasteiger partial charge in [-0.25, -0.2) is 0 Å². The van der Waals surface area contributed by atoms with Crippen molar-refractivity contribution in [3.8, 4) is 11.5 Å². The van der Waals surface area contributed by atoms with Crippen molar-refractivity contribution in [3.63, 3.8) is 0 Å². The second-order valence-corrected chi connectivity index (χ2v) is 6.78. The maximum absolute atomic E-state index is 11.0. The van der Waals surface area contributed by atoms with Crippen LogP contribution in [0.5, 0.6) is 11.5 Å². The zero-order chi connectivity index (χ0) is 15.3. The smallest absolute Gasteiger partial charge is 0.507 e. The molecule has 0 saturated heterocycles. The molecule has 10 nitrogen and oxygen atoms in total. The summed E-state index contributed by atoms with van der Waals surface area (Å²) in [6.45, 7) is 0. The Morgan fingerprint density at radius 3 is 1.21 bits per heavy atom. The minimum absolute atomic E-state index is 0. The summed E-state index contributed by atoms with van der Waals surface area (Å²) in [4.78, 5) is -1.37. The third-order valence-electron chi connectivity index (χ3n) is 2.55. The summed E-state index contributed by atoms with van der Waals surface area (Å²) in [5.74, 6) is -1.34. The van der Waals surface area contributed by atoms with E-state index in [4.69, 9.17) is 9.11 Å². The topological polar surface area (TPSA) is 212 Å². The first-order valence-corrected chi connectivity index (χ1v) is 7.83. The maximum atomic E-state index is 11.0. The van der Waals surface area contributed by atoms with Gasteiger partial charge in [-0.15, -0.1) is 0 Å². The Hall–Kier alpha value is 0.0400. The summed E-state index contributed by atoms with van der Waals surface area (Å²) >= 11 is 0. The van der Waals surface area contributed by atoms with E-state index >= 15 is 0 Å².